The van der Waals surface area contributed by atoms with Crippen LogP contribution in [0, 0.1) is 0 Å². The van der Waals surface area contributed by atoms with E-state index in [2.05, 4.69) is 5.10 Å². The molecule has 0 aliphatic carbocycles. The van der Waals surface area contributed by atoms with E-state index in [0.717, 1.165) is 0 Å². The van der Waals surface area contributed by atoms with Gasteiger partial charge in [-0.05, 0) is 24.3 Å². The fraction of sp³-hybridized carbons (Fsp3) is 0. The standard InChI is InChI=1S/C10H8ClN3O/c11-7-2-1-3-8(6-7)14-10(15)5-4-9(12)13-14/h1-6H,(H2,12,13). The number of aromatic nitrogens is 2. The minimum absolute atomic E-state index is 0.244. The summed E-state index contributed by atoms with van der Waals surface area (Å²) in [6, 6.07) is 9.68. The number of hydrogen-bond donors (Lipinski definition) is 1. The van der Waals surface area contributed by atoms with Gasteiger partial charge in [-0.3, -0.25) is 4.79 Å². The number of hydrogen-bond acceptors (Lipinski definition) is 3. The summed E-state index contributed by atoms with van der Waals surface area (Å²) in [5, 5.41) is 4.45. The lowest BCUT2D eigenvalue weighted by atomic mass is 10.3. The molecule has 0 atom stereocenters. The number of benzene rings is 1. The summed E-state index contributed by atoms with van der Waals surface area (Å²) in [6.07, 6.45) is 0. The van der Waals surface area contributed by atoms with Gasteiger partial charge in [0.1, 0.15) is 5.82 Å². The van der Waals surface area contributed by atoms with Crippen LogP contribution in [0.3, 0.4) is 0 Å². The molecule has 2 aromatic rings. The first kappa shape index (κ1) is 9.73. The van der Waals surface area contributed by atoms with Crippen LogP contribution in [0.5, 0.6) is 0 Å². The van der Waals surface area contributed by atoms with Crippen LogP contribution >= 0.6 is 11.6 Å². The zero-order chi connectivity index (χ0) is 10.8. The molecule has 76 valence electrons. The van der Waals surface area contributed by atoms with Gasteiger partial charge in [-0.2, -0.15) is 4.68 Å². The van der Waals surface area contributed by atoms with Gasteiger partial charge >= 0.3 is 0 Å². The molecule has 15 heavy (non-hydrogen) atoms. The average molecular weight is 222 g/mol. The van der Waals surface area contributed by atoms with Gasteiger partial charge in [0.15, 0.2) is 0 Å². The summed E-state index contributed by atoms with van der Waals surface area (Å²) >= 11 is 5.81. The fourth-order valence-corrected chi connectivity index (χ4v) is 1.40. The van der Waals surface area contributed by atoms with Crippen molar-refractivity contribution in [1.82, 2.24) is 9.78 Å². The van der Waals surface area contributed by atoms with E-state index in [0.29, 0.717) is 10.7 Å². The molecule has 1 heterocycles. The topological polar surface area (TPSA) is 60.9 Å². The van der Waals surface area contributed by atoms with Gasteiger partial charge in [-0.1, -0.05) is 17.7 Å². The molecule has 0 spiro atoms. The third kappa shape index (κ3) is 1.99. The van der Waals surface area contributed by atoms with Crippen LogP contribution in [0.15, 0.2) is 41.2 Å². The summed E-state index contributed by atoms with van der Waals surface area (Å²) in [6.45, 7) is 0. The highest BCUT2D eigenvalue weighted by atomic mass is 35.5. The number of anilines is 1. The molecule has 1 aromatic heterocycles. The molecular weight excluding hydrogens is 214 g/mol. The highest BCUT2D eigenvalue weighted by Gasteiger charge is 2.01. The maximum Gasteiger partial charge on any atom is 0.271 e. The van der Waals surface area contributed by atoms with Crippen molar-refractivity contribution in [3.63, 3.8) is 0 Å². The number of nitrogens with two attached hydrogens (primary N) is 1. The van der Waals surface area contributed by atoms with Crippen molar-refractivity contribution < 1.29 is 0 Å². The second kappa shape index (κ2) is 3.74. The molecule has 0 saturated heterocycles. The first-order valence-electron chi connectivity index (χ1n) is 4.28. The lowest BCUT2D eigenvalue weighted by Crippen LogP contribution is -2.20. The number of halogens is 1. The number of nitrogen functional groups attached to an aromatic ring is 1. The molecule has 0 bridgehead atoms. The predicted molar refractivity (Wildman–Crippen MR) is 59.3 cm³/mol. The van der Waals surface area contributed by atoms with E-state index >= 15 is 0 Å². The predicted octanol–water partition coefficient (Wildman–Crippen LogP) is 1.47. The molecule has 5 heteroatoms. The molecule has 0 amide bonds. The molecule has 0 fully saturated rings. The summed E-state index contributed by atoms with van der Waals surface area (Å²) in [5.41, 5.74) is 5.85. The highest BCUT2D eigenvalue weighted by molar-refractivity contribution is 6.30. The second-order valence-corrected chi connectivity index (χ2v) is 3.42. The van der Waals surface area contributed by atoms with Gasteiger partial charge in [-0.15, -0.1) is 5.10 Å². The Hall–Kier alpha value is -1.81. The zero-order valence-corrected chi connectivity index (χ0v) is 8.48. The zero-order valence-electron chi connectivity index (χ0n) is 7.72. The molecule has 1 aromatic carbocycles. The monoisotopic (exact) mass is 221 g/mol. The van der Waals surface area contributed by atoms with Crippen LogP contribution in [0.1, 0.15) is 0 Å². The number of rotatable bonds is 1. The van der Waals surface area contributed by atoms with Crippen molar-refractivity contribution >= 4 is 17.4 Å². The van der Waals surface area contributed by atoms with Crippen LogP contribution in [0.4, 0.5) is 5.82 Å². The summed E-state index contributed by atoms with van der Waals surface area (Å²) in [4.78, 5) is 11.5. The Morgan fingerprint density at radius 1 is 1.27 bits per heavy atom. The molecule has 4 nitrogen and oxygen atoms in total. The van der Waals surface area contributed by atoms with Gasteiger partial charge in [0.2, 0.25) is 0 Å². The van der Waals surface area contributed by atoms with E-state index in [-0.39, 0.29) is 11.4 Å². The molecular formula is C10H8ClN3O. The fourth-order valence-electron chi connectivity index (χ4n) is 1.22. The van der Waals surface area contributed by atoms with Gasteiger partial charge < -0.3 is 5.73 Å². The summed E-state index contributed by atoms with van der Waals surface area (Å²) in [5.74, 6) is 0.287. The minimum Gasteiger partial charge on any atom is -0.382 e. The van der Waals surface area contributed by atoms with Crippen LogP contribution in [-0.2, 0) is 0 Å². The molecule has 2 rings (SSSR count). The largest absolute Gasteiger partial charge is 0.382 e. The Bertz CT molecular complexity index is 550. The molecule has 0 radical (unpaired) electrons. The Morgan fingerprint density at radius 3 is 2.80 bits per heavy atom. The van der Waals surface area contributed by atoms with Gasteiger partial charge in [0.25, 0.3) is 5.56 Å². The lowest BCUT2D eigenvalue weighted by Gasteiger charge is -2.04. The van der Waals surface area contributed by atoms with Crippen molar-refractivity contribution in [2.45, 2.75) is 0 Å². The maximum absolute atomic E-state index is 11.5. The van der Waals surface area contributed by atoms with Crippen molar-refractivity contribution in [1.29, 1.82) is 0 Å². The Balaban J connectivity index is 2.63. The van der Waals surface area contributed by atoms with Crippen LogP contribution in [-0.4, -0.2) is 9.78 Å². The molecule has 0 aliphatic heterocycles. The first-order valence-corrected chi connectivity index (χ1v) is 4.66. The Morgan fingerprint density at radius 2 is 2.07 bits per heavy atom. The Kier molecular flexibility index (Phi) is 2.43. The maximum atomic E-state index is 11.5. The number of nitrogens with zero attached hydrogens (tertiary/aromatic N) is 2. The molecule has 0 saturated carbocycles. The van der Waals surface area contributed by atoms with Crippen LogP contribution < -0.4 is 11.3 Å². The third-order valence-electron chi connectivity index (χ3n) is 1.87. The van der Waals surface area contributed by atoms with Crippen molar-refractivity contribution in [2.24, 2.45) is 0 Å². The van der Waals surface area contributed by atoms with Crippen LogP contribution in [0.2, 0.25) is 5.02 Å². The smallest absolute Gasteiger partial charge is 0.271 e. The van der Waals surface area contributed by atoms with E-state index in [4.69, 9.17) is 17.3 Å². The first-order chi connectivity index (χ1) is 7.16. The van der Waals surface area contributed by atoms with Crippen molar-refractivity contribution in [3.8, 4) is 5.69 Å². The van der Waals surface area contributed by atoms with Gasteiger partial charge in [-0.25, -0.2) is 0 Å². The molecule has 0 aliphatic rings. The SMILES string of the molecule is Nc1ccc(=O)n(-c2cccc(Cl)c2)n1. The van der Waals surface area contributed by atoms with E-state index in [1.165, 1.54) is 16.8 Å². The van der Waals surface area contributed by atoms with Gasteiger partial charge in [0, 0.05) is 11.1 Å². The van der Waals surface area contributed by atoms with E-state index in [9.17, 15) is 4.79 Å². The van der Waals surface area contributed by atoms with Crippen molar-refractivity contribution in [3.05, 3.63) is 51.8 Å². The second-order valence-electron chi connectivity index (χ2n) is 2.99. The summed E-state index contributed by atoms with van der Waals surface area (Å²) < 4.78 is 1.21. The Labute approximate surface area is 90.9 Å². The quantitative estimate of drug-likeness (QED) is 0.793. The molecule has 2 N–H and O–H groups in total. The van der Waals surface area contributed by atoms with Crippen LogP contribution in [0.25, 0.3) is 5.69 Å². The third-order valence-corrected chi connectivity index (χ3v) is 2.11. The molecule has 0 unspecified atom stereocenters. The van der Waals surface area contributed by atoms with E-state index in [1.807, 2.05) is 0 Å². The van der Waals surface area contributed by atoms with E-state index in [1.54, 1.807) is 24.3 Å². The highest BCUT2D eigenvalue weighted by Crippen LogP contribution is 2.12. The lowest BCUT2D eigenvalue weighted by molar-refractivity contribution is 0.815. The normalized spacial score (nSPS) is 10.2. The summed E-state index contributed by atoms with van der Waals surface area (Å²) in [7, 11) is 0. The van der Waals surface area contributed by atoms with Gasteiger partial charge in [0.05, 0.1) is 5.69 Å². The van der Waals surface area contributed by atoms with Crippen molar-refractivity contribution in [2.75, 3.05) is 5.73 Å². The minimum atomic E-state index is -0.244. The van der Waals surface area contributed by atoms with E-state index < -0.39 is 0 Å². The average Bonchev–Trinajstić information content (AvgIpc) is 2.22.